The van der Waals surface area contributed by atoms with Crippen LogP contribution >= 0.6 is 0 Å². The van der Waals surface area contributed by atoms with Gasteiger partial charge in [-0.1, -0.05) is 147 Å². The van der Waals surface area contributed by atoms with Crippen molar-refractivity contribution in [3.8, 4) is 45.3 Å². The van der Waals surface area contributed by atoms with Gasteiger partial charge in [-0.25, -0.2) is 15.0 Å². The Hall–Kier alpha value is -6.65. The van der Waals surface area contributed by atoms with Gasteiger partial charge in [0.15, 0.2) is 17.5 Å². The number of hydrogen-bond acceptors (Lipinski definition) is 4. The Morgan fingerprint density at radius 3 is 1.92 bits per heavy atom. The maximum absolute atomic E-state index is 6.57. The van der Waals surface area contributed by atoms with E-state index in [1.807, 2.05) is 24.3 Å². The van der Waals surface area contributed by atoms with Gasteiger partial charge in [-0.2, -0.15) is 0 Å². The van der Waals surface area contributed by atoms with Gasteiger partial charge in [0.05, 0.1) is 0 Å². The molecule has 0 saturated heterocycles. The van der Waals surface area contributed by atoms with Crippen molar-refractivity contribution < 1.29 is 4.42 Å². The van der Waals surface area contributed by atoms with E-state index in [0.29, 0.717) is 17.5 Å². The Morgan fingerprint density at radius 1 is 0.442 bits per heavy atom. The van der Waals surface area contributed by atoms with Crippen LogP contribution in [0, 0.1) is 0 Å². The van der Waals surface area contributed by atoms with Crippen molar-refractivity contribution in [2.45, 2.75) is 19.3 Å². The third-order valence-electron chi connectivity index (χ3n) is 11.1. The minimum absolute atomic E-state index is 0.126. The van der Waals surface area contributed by atoms with E-state index < -0.39 is 0 Å². The van der Waals surface area contributed by atoms with Crippen LogP contribution in [0.3, 0.4) is 0 Å². The summed E-state index contributed by atoms with van der Waals surface area (Å²) >= 11 is 0. The minimum atomic E-state index is -0.126. The summed E-state index contributed by atoms with van der Waals surface area (Å²) in [6, 6.07) is 53.5. The zero-order valence-corrected chi connectivity index (χ0v) is 28.7. The molecule has 0 amide bonds. The number of para-hydroxylation sites is 1. The van der Waals surface area contributed by atoms with Crippen LogP contribution in [0.4, 0.5) is 0 Å². The van der Waals surface area contributed by atoms with Crippen molar-refractivity contribution in [3.63, 3.8) is 0 Å². The molecule has 0 spiro atoms. The molecular weight excluding hydrogens is 635 g/mol. The number of aromatic nitrogens is 3. The van der Waals surface area contributed by atoms with Gasteiger partial charge >= 0.3 is 0 Å². The molecule has 0 radical (unpaired) electrons. The topological polar surface area (TPSA) is 51.8 Å². The van der Waals surface area contributed by atoms with E-state index in [9.17, 15) is 0 Å². The van der Waals surface area contributed by atoms with Crippen LogP contribution in [0.1, 0.15) is 25.0 Å². The maximum Gasteiger partial charge on any atom is 0.164 e. The second kappa shape index (κ2) is 10.7. The van der Waals surface area contributed by atoms with Gasteiger partial charge in [0.25, 0.3) is 0 Å². The molecule has 4 heteroatoms. The van der Waals surface area contributed by atoms with Crippen molar-refractivity contribution in [1.82, 2.24) is 15.0 Å². The zero-order valence-electron chi connectivity index (χ0n) is 28.7. The average molecular weight is 666 g/mol. The molecule has 1 aliphatic carbocycles. The van der Waals surface area contributed by atoms with Crippen molar-refractivity contribution in [1.29, 1.82) is 0 Å². The number of furan rings is 1. The van der Waals surface area contributed by atoms with Gasteiger partial charge in [-0.05, 0) is 62.0 Å². The van der Waals surface area contributed by atoms with Crippen LogP contribution in [0.2, 0.25) is 0 Å². The van der Waals surface area contributed by atoms with Gasteiger partial charge in [0.1, 0.15) is 11.2 Å². The van der Waals surface area contributed by atoms with E-state index in [2.05, 4.69) is 141 Å². The second-order valence-electron chi connectivity index (χ2n) is 14.3. The predicted molar refractivity (Wildman–Crippen MR) is 213 cm³/mol. The lowest BCUT2D eigenvalue weighted by atomic mass is 9.82. The summed E-state index contributed by atoms with van der Waals surface area (Å²) in [4.78, 5) is 15.5. The summed E-state index contributed by atoms with van der Waals surface area (Å²) in [7, 11) is 0. The molecule has 4 nitrogen and oxygen atoms in total. The SMILES string of the molecule is CC1(C)c2ccccc2-c2c(-c3nc(-c4ccccc4)nc(-c4ccc5c(ccc6c7oc8ccccc8c7c7ccccc7c56)c4)n3)cccc21. The fraction of sp³-hybridized carbons (Fsp3) is 0.0625. The Kier molecular flexibility index (Phi) is 5.98. The highest BCUT2D eigenvalue weighted by Crippen LogP contribution is 2.52. The van der Waals surface area contributed by atoms with Gasteiger partial charge in [-0.15, -0.1) is 0 Å². The molecule has 2 aromatic heterocycles. The zero-order chi connectivity index (χ0) is 34.6. The first-order valence-corrected chi connectivity index (χ1v) is 17.8. The Balaban J connectivity index is 1.15. The number of hydrogen-bond donors (Lipinski definition) is 0. The van der Waals surface area contributed by atoms with E-state index in [0.717, 1.165) is 49.4 Å². The highest BCUT2D eigenvalue weighted by Gasteiger charge is 2.37. The first-order valence-electron chi connectivity index (χ1n) is 17.8. The second-order valence-corrected chi connectivity index (χ2v) is 14.3. The molecule has 8 aromatic carbocycles. The van der Waals surface area contributed by atoms with Crippen LogP contribution in [0.5, 0.6) is 0 Å². The lowest BCUT2D eigenvalue weighted by Crippen LogP contribution is -2.14. The van der Waals surface area contributed by atoms with Crippen LogP contribution < -0.4 is 0 Å². The highest BCUT2D eigenvalue weighted by atomic mass is 16.3. The smallest absolute Gasteiger partial charge is 0.164 e. The van der Waals surface area contributed by atoms with E-state index in [4.69, 9.17) is 19.4 Å². The molecule has 0 saturated carbocycles. The molecule has 0 aliphatic heterocycles. The van der Waals surface area contributed by atoms with Crippen LogP contribution in [-0.2, 0) is 5.41 Å². The van der Waals surface area contributed by atoms with Crippen molar-refractivity contribution in [3.05, 3.63) is 163 Å². The standard InChI is InChI=1S/C48H31N3O/c1-48(2)38-20-10-8-17-34(38)42-37(19-12-21-39(42)48)47-50-45(28-13-4-3-5-14-28)49-46(51-47)30-24-25-31-29(27-30)23-26-36-41(31)32-15-6-7-16-33(32)43-35-18-9-11-22-40(35)52-44(36)43/h3-27H,1-2H3. The quantitative estimate of drug-likeness (QED) is 0.176. The lowest BCUT2D eigenvalue weighted by molar-refractivity contribution is 0.660. The van der Waals surface area contributed by atoms with Crippen LogP contribution in [-0.4, -0.2) is 15.0 Å². The molecule has 10 aromatic rings. The molecule has 0 bridgehead atoms. The lowest BCUT2D eigenvalue weighted by Gasteiger charge is -2.21. The van der Waals surface area contributed by atoms with Gasteiger partial charge in [0, 0.05) is 43.7 Å². The Bertz CT molecular complexity index is 3100. The molecule has 0 unspecified atom stereocenters. The molecule has 11 rings (SSSR count). The van der Waals surface area contributed by atoms with Crippen molar-refractivity contribution in [2.75, 3.05) is 0 Å². The number of fused-ring (bicyclic) bond motifs is 13. The number of nitrogens with zero attached hydrogens (tertiary/aromatic N) is 3. The Morgan fingerprint density at radius 2 is 1.08 bits per heavy atom. The molecule has 0 N–H and O–H groups in total. The molecule has 52 heavy (non-hydrogen) atoms. The highest BCUT2D eigenvalue weighted by molar-refractivity contribution is 6.34. The van der Waals surface area contributed by atoms with Gasteiger partial charge < -0.3 is 4.42 Å². The first-order chi connectivity index (χ1) is 25.5. The number of benzene rings is 8. The van der Waals surface area contributed by atoms with Crippen molar-refractivity contribution >= 4 is 54.3 Å². The largest absolute Gasteiger partial charge is 0.455 e. The third kappa shape index (κ3) is 4.06. The summed E-state index contributed by atoms with van der Waals surface area (Å²) in [5, 5.41) is 9.29. The summed E-state index contributed by atoms with van der Waals surface area (Å²) in [5.41, 5.74) is 9.67. The van der Waals surface area contributed by atoms with Gasteiger partial charge in [-0.3, -0.25) is 0 Å². The summed E-state index contributed by atoms with van der Waals surface area (Å²) in [5.74, 6) is 1.97. The van der Waals surface area contributed by atoms with E-state index in [1.54, 1.807) is 0 Å². The molecule has 2 heterocycles. The Labute approximate surface area is 300 Å². The molecule has 1 aliphatic rings. The molecular formula is C48H31N3O. The van der Waals surface area contributed by atoms with Crippen molar-refractivity contribution in [2.24, 2.45) is 0 Å². The van der Waals surface area contributed by atoms with Gasteiger partial charge in [0.2, 0.25) is 0 Å². The maximum atomic E-state index is 6.57. The van der Waals surface area contributed by atoms with E-state index in [1.165, 1.54) is 43.8 Å². The normalized spacial score (nSPS) is 13.3. The summed E-state index contributed by atoms with van der Waals surface area (Å²) in [6.45, 7) is 4.60. The molecule has 244 valence electrons. The average Bonchev–Trinajstić information content (AvgIpc) is 3.71. The molecule has 0 atom stereocenters. The summed E-state index contributed by atoms with van der Waals surface area (Å²) < 4.78 is 6.57. The molecule has 0 fully saturated rings. The first kappa shape index (κ1) is 29.1. The summed E-state index contributed by atoms with van der Waals surface area (Å²) in [6.07, 6.45) is 0. The fourth-order valence-electron chi connectivity index (χ4n) is 8.65. The fourth-order valence-corrected chi connectivity index (χ4v) is 8.65. The van der Waals surface area contributed by atoms with E-state index in [-0.39, 0.29) is 5.41 Å². The minimum Gasteiger partial charge on any atom is -0.455 e. The monoisotopic (exact) mass is 665 g/mol. The van der Waals surface area contributed by atoms with Crippen LogP contribution in [0.25, 0.3) is 99.5 Å². The predicted octanol–water partition coefficient (Wildman–Crippen LogP) is 12.5. The number of rotatable bonds is 3. The third-order valence-corrected chi connectivity index (χ3v) is 11.1. The van der Waals surface area contributed by atoms with E-state index >= 15 is 0 Å². The van der Waals surface area contributed by atoms with Crippen LogP contribution in [0.15, 0.2) is 156 Å².